The topological polar surface area (TPSA) is 28.7 Å². The van der Waals surface area contributed by atoms with Crippen molar-refractivity contribution < 1.29 is 13.2 Å². The summed E-state index contributed by atoms with van der Waals surface area (Å²) in [5.74, 6) is -0.844. The van der Waals surface area contributed by atoms with Crippen LogP contribution in [0.2, 0.25) is 0 Å². The number of aromatic nitrogens is 2. The number of rotatable bonds is 1. The van der Waals surface area contributed by atoms with Crippen LogP contribution in [0, 0.1) is 5.92 Å². The Morgan fingerprint density at radius 3 is 2.33 bits per heavy atom. The number of hydrogen-bond donors (Lipinski definition) is 1. The summed E-state index contributed by atoms with van der Waals surface area (Å²) >= 11 is 0. The lowest BCUT2D eigenvalue weighted by molar-refractivity contribution is -0.182. The molecule has 2 rings (SSSR count). The summed E-state index contributed by atoms with van der Waals surface area (Å²) in [5, 5.41) is 6.51. The Bertz CT molecular complexity index is 297. The molecule has 1 N–H and O–H groups in total. The predicted octanol–water partition coefficient (Wildman–Crippen LogP) is 3.25. The molecule has 1 aromatic heterocycles. The van der Waals surface area contributed by atoms with Gasteiger partial charge in [-0.25, -0.2) is 0 Å². The van der Waals surface area contributed by atoms with Gasteiger partial charge in [0.25, 0.3) is 0 Å². The molecule has 1 aromatic rings. The Labute approximate surface area is 85.9 Å². The van der Waals surface area contributed by atoms with Crippen LogP contribution in [0.25, 0.3) is 0 Å². The Morgan fingerprint density at radius 2 is 1.87 bits per heavy atom. The Kier molecular flexibility index (Phi) is 2.71. The maximum Gasteiger partial charge on any atom is 0.391 e. The highest BCUT2D eigenvalue weighted by Crippen LogP contribution is 2.42. The highest BCUT2D eigenvalue weighted by Gasteiger charge is 2.41. The van der Waals surface area contributed by atoms with Crippen molar-refractivity contribution in [2.45, 2.75) is 37.8 Å². The minimum atomic E-state index is -4.01. The van der Waals surface area contributed by atoms with Crippen molar-refractivity contribution >= 4 is 0 Å². The van der Waals surface area contributed by atoms with E-state index in [4.69, 9.17) is 0 Å². The fourth-order valence-electron chi connectivity index (χ4n) is 2.24. The number of H-pyrrole nitrogens is 1. The van der Waals surface area contributed by atoms with Crippen molar-refractivity contribution in [2.75, 3.05) is 0 Å². The van der Waals surface area contributed by atoms with Gasteiger partial charge in [0.15, 0.2) is 0 Å². The lowest BCUT2D eigenvalue weighted by Crippen LogP contribution is -2.27. The smallest absolute Gasteiger partial charge is 0.285 e. The molecule has 1 heterocycles. The number of nitrogens with one attached hydrogen (secondary N) is 1. The van der Waals surface area contributed by atoms with Gasteiger partial charge in [0, 0.05) is 6.20 Å². The molecule has 1 aliphatic rings. The largest absolute Gasteiger partial charge is 0.391 e. The van der Waals surface area contributed by atoms with Crippen molar-refractivity contribution in [1.29, 1.82) is 0 Å². The molecule has 0 aliphatic heterocycles. The van der Waals surface area contributed by atoms with Gasteiger partial charge < -0.3 is 0 Å². The highest BCUT2D eigenvalue weighted by molar-refractivity contribution is 5.11. The normalized spacial score (nSPS) is 27.9. The Balaban J connectivity index is 1.93. The Morgan fingerprint density at radius 1 is 1.20 bits per heavy atom. The average Bonchev–Trinajstić information content (AvgIpc) is 2.69. The minimum Gasteiger partial charge on any atom is -0.285 e. The van der Waals surface area contributed by atoms with Gasteiger partial charge in [-0.15, -0.1) is 0 Å². The maximum absolute atomic E-state index is 12.4. The summed E-state index contributed by atoms with van der Waals surface area (Å²) in [7, 11) is 0. The monoisotopic (exact) mass is 218 g/mol. The van der Waals surface area contributed by atoms with Crippen LogP contribution in [0.4, 0.5) is 13.2 Å². The molecule has 15 heavy (non-hydrogen) atoms. The van der Waals surface area contributed by atoms with Crippen LogP contribution in [0.15, 0.2) is 12.4 Å². The van der Waals surface area contributed by atoms with Crippen molar-refractivity contribution in [3.63, 3.8) is 0 Å². The molecule has 1 aliphatic carbocycles. The number of alkyl halides is 3. The molecule has 2 nitrogen and oxygen atoms in total. The summed E-state index contributed by atoms with van der Waals surface area (Å²) in [5.41, 5.74) is 1.04. The van der Waals surface area contributed by atoms with Gasteiger partial charge >= 0.3 is 6.18 Å². The van der Waals surface area contributed by atoms with Gasteiger partial charge in [-0.2, -0.15) is 18.3 Å². The van der Waals surface area contributed by atoms with Crippen LogP contribution in [-0.2, 0) is 0 Å². The predicted molar refractivity (Wildman–Crippen MR) is 49.3 cm³/mol. The van der Waals surface area contributed by atoms with E-state index in [2.05, 4.69) is 10.2 Å². The molecular weight excluding hydrogens is 205 g/mol. The van der Waals surface area contributed by atoms with Crippen LogP contribution in [-0.4, -0.2) is 16.4 Å². The second-order valence-corrected chi connectivity index (χ2v) is 4.12. The lowest BCUT2D eigenvalue weighted by atomic mass is 9.79. The van der Waals surface area contributed by atoms with Crippen molar-refractivity contribution in [3.8, 4) is 0 Å². The van der Waals surface area contributed by atoms with E-state index in [1.165, 1.54) is 0 Å². The van der Waals surface area contributed by atoms with Crippen LogP contribution in [0.5, 0.6) is 0 Å². The van der Waals surface area contributed by atoms with Gasteiger partial charge in [-0.05, 0) is 37.2 Å². The minimum absolute atomic E-state index is 0.249. The number of halogens is 3. The molecule has 0 aromatic carbocycles. The molecule has 5 heteroatoms. The fraction of sp³-hybridized carbons (Fsp3) is 0.700. The number of nitrogens with zero attached hydrogens (tertiary/aromatic N) is 1. The summed E-state index contributed by atoms with van der Waals surface area (Å²) < 4.78 is 37.2. The van der Waals surface area contributed by atoms with E-state index in [0.717, 1.165) is 5.56 Å². The molecule has 0 bridgehead atoms. The zero-order valence-corrected chi connectivity index (χ0v) is 8.22. The van der Waals surface area contributed by atoms with E-state index in [9.17, 15) is 13.2 Å². The molecule has 0 saturated heterocycles. The van der Waals surface area contributed by atoms with Crippen LogP contribution >= 0.6 is 0 Å². The molecule has 0 spiro atoms. The summed E-state index contributed by atoms with van der Waals surface area (Å²) in [6.45, 7) is 0. The third kappa shape index (κ3) is 2.33. The summed E-state index contributed by atoms with van der Waals surface area (Å²) in [4.78, 5) is 0. The summed E-state index contributed by atoms with van der Waals surface area (Å²) in [6, 6.07) is 0. The van der Waals surface area contributed by atoms with E-state index < -0.39 is 12.1 Å². The maximum atomic E-state index is 12.4. The highest BCUT2D eigenvalue weighted by atomic mass is 19.4. The van der Waals surface area contributed by atoms with Gasteiger partial charge in [0.1, 0.15) is 0 Å². The van der Waals surface area contributed by atoms with Crippen LogP contribution in [0.1, 0.15) is 37.2 Å². The molecule has 1 fully saturated rings. The SMILES string of the molecule is FC(F)(F)C1CCC(c2cn[nH]c2)CC1. The van der Waals surface area contributed by atoms with E-state index in [1.54, 1.807) is 12.4 Å². The molecule has 0 radical (unpaired) electrons. The van der Waals surface area contributed by atoms with E-state index >= 15 is 0 Å². The number of hydrogen-bond acceptors (Lipinski definition) is 1. The van der Waals surface area contributed by atoms with Crippen molar-refractivity contribution in [1.82, 2.24) is 10.2 Å². The first-order chi connectivity index (χ1) is 7.07. The third-order valence-electron chi connectivity index (χ3n) is 3.18. The molecule has 84 valence electrons. The summed E-state index contributed by atoms with van der Waals surface area (Å²) in [6.07, 6.45) is 1.20. The fourth-order valence-corrected chi connectivity index (χ4v) is 2.24. The van der Waals surface area contributed by atoms with Crippen molar-refractivity contribution in [3.05, 3.63) is 18.0 Å². The van der Waals surface area contributed by atoms with E-state index in [0.29, 0.717) is 12.8 Å². The van der Waals surface area contributed by atoms with Gasteiger partial charge in [0.05, 0.1) is 12.1 Å². The Hall–Kier alpha value is -1.00. The average molecular weight is 218 g/mol. The van der Waals surface area contributed by atoms with Gasteiger partial charge in [-0.3, -0.25) is 5.10 Å². The zero-order valence-electron chi connectivity index (χ0n) is 8.22. The van der Waals surface area contributed by atoms with Gasteiger partial charge in [-0.1, -0.05) is 0 Å². The molecular formula is C10H13F3N2. The van der Waals surface area contributed by atoms with Gasteiger partial charge in [0.2, 0.25) is 0 Å². The first-order valence-electron chi connectivity index (χ1n) is 5.13. The number of aromatic amines is 1. The molecule has 0 unspecified atom stereocenters. The van der Waals surface area contributed by atoms with Crippen LogP contribution in [0.3, 0.4) is 0 Å². The standard InChI is InChI=1S/C10H13F3N2/c11-10(12,13)9-3-1-7(2-4-9)8-5-14-15-6-8/h5-7,9H,1-4H2,(H,14,15). The van der Waals surface area contributed by atoms with E-state index in [1.807, 2.05) is 0 Å². The second-order valence-electron chi connectivity index (χ2n) is 4.12. The molecule has 0 amide bonds. The first-order valence-corrected chi connectivity index (χ1v) is 5.13. The third-order valence-corrected chi connectivity index (χ3v) is 3.18. The molecule has 1 saturated carbocycles. The second kappa shape index (κ2) is 3.87. The van der Waals surface area contributed by atoms with E-state index in [-0.39, 0.29) is 18.8 Å². The zero-order chi connectivity index (χ0) is 10.9. The molecule has 0 atom stereocenters. The van der Waals surface area contributed by atoms with Crippen LogP contribution < -0.4 is 0 Å². The van der Waals surface area contributed by atoms with Crippen molar-refractivity contribution in [2.24, 2.45) is 5.92 Å². The quantitative estimate of drug-likeness (QED) is 0.770. The first kappa shape index (κ1) is 10.5. The lowest BCUT2D eigenvalue weighted by Gasteiger charge is -2.29.